The molecule has 0 aromatic carbocycles. The maximum absolute atomic E-state index is 10.0. The highest BCUT2D eigenvalue weighted by Gasteiger charge is 2.50. The molecular weight excluding hydrogens is 352 g/mol. The van der Waals surface area contributed by atoms with Gasteiger partial charge in [-0.25, -0.2) is 0 Å². The summed E-state index contributed by atoms with van der Waals surface area (Å²) in [6.07, 6.45) is 18.8. The van der Waals surface area contributed by atoms with E-state index in [0.29, 0.717) is 17.3 Å². The van der Waals surface area contributed by atoms with Crippen LogP contribution in [0, 0.1) is 35.0 Å². The van der Waals surface area contributed by atoms with Gasteiger partial charge >= 0.3 is 0 Å². The zero-order valence-electron chi connectivity index (χ0n) is 19.6. The van der Waals surface area contributed by atoms with E-state index in [0.717, 1.165) is 37.0 Å². The molecule has 1 unspecified atom stereocenters. The molecule has 162 valence electrons. The number of fused-ring (bicyclic) bond motifs is 1. The van der Waals surface area contributed by atoms with Crippen LogP contribution in [0.4, 0.5) is 0 Å². The lowest BCUT2D eigenvalue weighted by molar-refractivity contribution is 0.112. The van der Waals surface area contributed by atoms with Gasteiger partial charge in [-0.15, -0.1) is 0 Å². The van der Waals surface area contributed by atoms with E-state index < -0.39 is 0 Å². The van der Waals surface area contributed by atoms with Crippen LogP contribution in [-0.4, -0.2) is 11.2 Å². The van der Waals surface area contributed by atoms with Gasteiger partial charge in [-0.05, 0) is 91.9 Å². The number of aliphatic hydroxyl groups excluding tert-OH is 1. The van der Waals surface area contributed by atoms with Crippen molar-refractivity contribution in [3.8, 4) is 0 Å². The molecule has 29 heavy (non-hydrogen) atoms. The minimum atomic E-state index is -0.182. The SMILES string of the molecule is C=C1CC[C@H](O)C/C1=C\C=C1CCC[C@@]2(C)C1CC[C@@H]2[C@H](C)C=C[C@H](C)C(C)C. The van der Waals surface area contributed by atoms with Crippen molar-refractivity contribution in [2.45, 2.75) is 92.1 Å². The summed E-state index contributed by atoms with van der Waals surface area (Å²) in [5.74, 6) is 3.58. The molecule has 0 radical (unpaired) electrons. The van der Waals surface area contributed by atoms with E-state index in [4.69, 9.17) is 0 Å². The molecule has 0 saturated heterocycles. The zero-order valence-corrected chi connectivity index (χ0v) is 19.6. The van der Waals surface area contributed by atoms with Crippen LogP contribution in [0.25, 0.3) is 0 Å². The Morgan fingerprint density at radius 3 is 2.52 bits per heavy atom. The lowest BCUT2D eigenvalue weighted by Gasteiger charge is -2.44. The van der Waals surface area contributed by atoms with Crippen molar-refractivity contribution in [2.24, 2.45) is 35.0 Å². The van der Waals surface area contributed by atoms with Crippen LogP contribution in [-0.2, 0) is 0 Å². The Bertz CT molecular complexity index is 678. The molecule has 1 N–H and O–H groups in total. The van der Waals surface area contributed by atoms with Gasteiger partial charge in [-0.3, -0.25) is 0 Å². The van der Waals surface area contributed by atoms with Gasteiger partial charge in [0.05, 0.1) is 6.10 Å². The predicted octanol–water partition coefficient (Wildman–Crippen LogP) is 7.64. The second-order valence-corrected chi connectivity index (χ2v) is 10.9. The first-order valence-electron chi connectivity index (χ1n) is 12.2. The van der Waals surface area contributed by atoms with Crippen molar-refractivity contribution in [3.05, 3.63) is 47.6 Å². The fraction of sp³-hybridized carbons (Fsp3) is 0.714. The van der Waals surface area contributed by atoms with Gasteiger partial charge in [-0.2, -0.15) is 0 Å². The summed E-state index contributed by atoms with van der Waals surface area (Å²) in [6.45, 7) is 16.3. The minimum Gasteiger partial charge on any atom is -0.393 e. The van der Waals surface area contributed by atoms with Crippen LogP contribution in [0.1, 0.15) is 86.0 Å². The highest BCUT2D eigenvalue weighted by molar-refractivity contribution is 5.36. The first-order valence-corrected chi connectivity index (χ1v) is 12.2. The second kappa shape index (κ2) is 9.38. The van der Waals surface area contributed by atoms with Crippen molar-refractivity contribution in [1.29, 1.82) is 0 Å². The Morgan fingerprint density at radius 2 is 1.79 bits per heavy atom. The van der Waals surface area contributed by atoms with Crippen LogP contribution in [0.3, 0.4) is 0 Å². The van der Waals surface area contributed by atoms with E-state index in [9.17, 15) is 5.11 Å². The highest BCUT2D eigenvalue weighted by atomic mass is 16.3. The molecule has 1 heteroatoms. The van der Waals surface area contributed by atoms with E-state index in [1.165, 1.54) is 43.3 Å². The average molecular weight is 397 g/mol. The Balaban J connectivity index is 1.75. The summed E-state index contributed by atoms with van der Waals surface area (Å²) in [6, 6.07) is 0. The maximum atomic E-state index is 10.0. The van der Waals surface area contributed by atoms with Gasteiger partial charge in [0.25, 0.3) is 0 Å². The topological polar surface area (TPSA) is 20.2 Å². The fourth-order valence-corrected chi connectivity index (χ4v) is 6.25. The van der Waals surface area contributed by atoms with Crippen LogP contribution >= 0.6 is 0 Å². The Labute approximate surface area is 180 Å². The summed E-state index contributed by atoms with van der Waals surface area (Å²) >= 11 is 0. The third-order valence-corrected chi connectivity index (χ3v) is 8.63. The van der Waals surface area contributed by atoms with Crippen LogP contribution in [0.5, 0.6) is 0 Å². The second-order valence-electron chi connectivity index (χ2n) is 10.9. The minimum absolute atomic E-state index is 0.182. The summed E-state index contributed by atoms with van der Waals surface area (Å²) in [4.78, 5) is 0. The summed E-state index contributed by atoms with van der Waals surface area (Å²) < 4.78 is 0. The fourth-order valence-electron chi connectivity index (χ4n) is 6.25. The van der Waals surface area contributed by atoms with E-state index in [1.54, 1.807) is 5.57 Å². The van der Waals surface area contributed by atoms with Crippen molar-refractivity contribution in [1.82, 2.24) is 0 Å². The molecule has 6 atom stereocenters. The largest absolute Gasteiger partial charge is 0.393 e. The molecule has 0 spiro atoms. The zero-order chi connectivity index (χ0) is 21.2. The van der Waals surface area contributed by atoms with Crippen LogP contribution in [0.2, 0.25) is 0 Å². The molecule has 0 aromatic rings. The van der Waals surface area contributed by atoms with E-state index in [1.807, 2.05) is 0 Å². The van der Waals surface area contributed by atoms with E-state index in [2.05, 4.69) is 65.5 Å². The summed E-state index contributed by atoms with van der Waals surface area (Å²) in [7, 11) is 0. The number of allylic oxidation sites excluding steroid dienone is 6. The predicted molar refractivity (Wildman–Crippen MR) is 126 cm³/mol. The van der Waals surface area contributed by atoms with Crippen molar-refractivity contribution in [3.63, 3.8) is 0 Å². The van der Waals surface area contributed by atoms with Crippen molar-refractivity contribution < 1.29 is 5.11 Å². The van der Waals surface area contributed by atoms with Gasteiger partial charge in [0.2, 0.25) is 0 Å². The van der Waals surface area contributed by atoms with Crippen LogP contribution < -0.4 is 0 Å². The number of rotatable bonds is 5. The Morgan fingerprint density at radius 1 is 1.03 bits per heavy atom. The molecule has 1 nitrogen and oxygen atoms in total. The molecule has 0 heterocycles. The average Bonchev–Trinajstić information content (AvgIpc) is 3.04. The smallest absolute Gasteiger partial charge is 0.0583 e. The number of hydrogen-bond donors (Lipinski definition) is 1. The number of hydrogen-bond acceptors (Lipinski definition) is 1. The van der Waals surface area contributed by atoms with Crippen LogP contribution in [0.15, 0.2) is 47.6 Å². The van der Waals surface area contributed by atoms with Gasteiger partial charge in [0, 0.05) is 0 Å². The quantitative estimate of drug-likeness (QED) is 0.473. The van der Waals surface area contributed by atoms with Gasteiger partial charge in [0.1, 0.15) is 0 Å². The molecule has 0 amide bonds. The molecule has 0 aliphatic heterocycles. The number of aliphatic hydroxyl groups is 1. The molecule has 0 bridgehead atoms. The Hall–Kier alpha value is -1.08. The third kappa shape index (κ3) is 4.98. The lowest BCUT2D eigenvalue weighted by atomic mass is 9.61. The standard InChI is InChI=1S/C28H44O/c1-19(2)20(3)9-10-22(5)26-15-16-27-23(8-7-17-28(26,27)6)12-13-24-18-25(29)14-11-21(24)4/h9-10,12-13,19-20,22,25-27,29H,4,7-8,11,14-18H2,1-3,5-6H3/b10-9?,23-12?,24-13+/t20-,22+,25-,26+,27?,28+/m0/s1. The highest BCUT2D eigenvalue weighted by Crippen LogP contribution is 2.59. The normalized spacial score (nSPS) is 38.2. The first-order chi connectivity index (χ1) is 13.7. The molecule has 0 aromatic heterocycles. The van der Waals surface area contributed by atoms with Gasteiger partial charge in [-0.1, -0.05) is 76.6 Å². The van der Waals surface area contributed by atoms with Crippen molar-refractivity contribution in [2.75, 3.05) is 0 Å². The molecule has 3 fully saturated rings. The lowest BCUT2D eigenvalue weighted by Crippen LogP contribution is -2.35. The first kappa shape index (κ1) is 22.6. The molecule has 3 aliphatic rings. The Kier molecular flexibility index (Phi) is 7.31. The van der Waals surface area contributed by atoms with Gasteiger partial charge in [0.15, 0.2) is 0 Å². The third-order valence-electron chi connectivity index (χ3n) is 8.63. The summed E-state index contributed by atoms with van der Waals surface area (Å²) in [5, 5.41) is 10.0. The molecule has 3 rings (SSSR count). The monoisotopic (exact) mass is 396 g/mol. The van der Waals surface area contributed by atoms with Gasteiger partial charge < -0.3 is 5.11 Å². The van der Waals surface area contributed by atoms with Crippen molar-refractivity contribution >= 4 is 0 Å². The molecular formula is C28H44O. The summed E-state index contributed by atoms with van der Waals surface area (Å²) in [5.41, 5.74) is 4.61. The maximum Gasteiger partial charge on any atom is 0.0583 e. The van der Waals surface area contributed by atoms with E-state index in [-0.39, 0.29) is 6.10 Å². The molecule has 3 aliphatic carbocycles. The molecule has 3 saturated carbocycles. The van der Waals surface area contributed by atoms with E-state index >= 15 is 0 Å².